The number of nitrogens with zero attached hydrogens (tertiary/aromatic N) is 1. The summed E-state index contributed by atoms with van der Waals surface area (Å²) in [7, 11) is 0. The minimum Gasteiger partial charge on any atom is -0.346 e. The van der Waals surface area contributed by atoms with Crippen LogP contribution in [0.2, 0.25) is 0 Å². The maximum Gasteiger partial charge on any atom is 0.237 e. The van der Waals surface area contributed by atoms with Gasteiger partial charge >= 0.3 is 0 Å². The molecule has 0 radical (unpaired) electrons. The summed E-state index contributed by atoms with van der Waals surface area (Å²) in [5.41, 5.74) is 5.85. The number of carbonyl (C=O) groups excluding carboxylic acids is 1. The van der Waals surface area contributed by atoms with Gasteiger partial charge in [-0.3, -0.25) is 4.79 Å². The quantitative estimate of drug-likeness (QED) is 0.818. The predicted molar refractivity (Wildman–Crippen MR) is 70.7 cm³/mol. The Morgan fingerprint density at radius 3 is 2.76 bits per heavy atom. The molecule has 3 N–H and O–H groups in total. The van der Waals surface area contributed by atoms with Crippen LogP contribution in [0.4, 0.5) is 0 Å². The van der Waals surface area contributed by atoms with Gasteiger partial charge in [0.2, 0.25) is 5.91 Å². The largest absolute Gasteiger partial charge is 0.346 e. The van der Waals surface area contributed by atoms with Crippen LogP contribution in [0.3, 0.4) is 0 Å². The lowest BCUT2D eigenvalue weighted by atomic mass is 10.0. The molecule has 1 aromatic heterocycles. The molecule has 17 heavy (non-hydrogen) atoms. The van der Waals surface area contributed by atoms with E-state index in [0.717, 1.165) is 11.4 Å². The maximum absolute atomic E-state index is 11.9. The SMILES string of the molecule is CCC(NC(=O)[C@H](N)CC(C)C)c1nccs1. The Morgan fingerprint density at radius 2 is 2.29 bits per heavy atom. The van der Waals surface area contributed by atoms with E-state index in [1.807, 2.05) is 12.3 Å². The van der Waals surface area contributed by atoms with Gasteiger partial charge in [0.05, 0.1) is 12.1 Å². The summed E-state index contributed by atoms with van der Waals surface area (Å²) in [6.07, 6.45) is 3.29. The molecule has 0 aliphatic rings. The molecule has 1 rings (SSSR count). The second-order valence-corrected chi connectivity index (χ2v) is 5.50. The molecule has 0 spiro atoms. The van der Waals surface area contributed by atoms with E-state index in [1.54, 1.807) is 17.5 Å². The predicted octanol–water partition coefficient (Wildman–Crippen LogP) is 2.08. The molecule has 1 aromatic rings. The summed E-state index contributed by atoms with van der Waals surface area (Å²) < 4.78 is 0. The van der Waals surface area contributed by atoms with E-state index in [4.69, 9.17) is 5.73 Å². The van der Waals surface area contributed by atoms with Crippen molar-refractivity contribution in [3.63, 3.8) is 0 Å². The molecule has 0 aliphatic carbocycles. The highest BCUT2D eigenvalue weighted by Gasteiger charge is 2.20. The van der Waals surface area contributed by atoms with Crippen molar-refractivity contribution in [2.24, 2.45) is 11.7 Å². The molecule has 0 saturated carbocycles. The first-order chi connectivity index (χ1) is 8.04. The van der Waals surface area contributed by atoms with Gasteiger partial charge in [-0.1, -0.05) is 20.8 Å². The second kappa shape index (κ2) is 6.71. The fourth-order valence-corrected chi connectivity index (χ4v) is 2.41. The molecule has 0 bridgehead atoms. The lowest BCUT2D eigenvalue weighted by Crippen LogP contribution is -2.42. The highest BCUT2D eigenvalue weighted by atomic mass is 32.1. The van der Waals surface area contributed by atoms with Crippen LogP contribution in [0.15, 0.2) is 11.6 Å². The van der Waals surface area contributed by atoms with Gasteiger partial charge in [0, 0.05) is 11.6 Å². The van der Waals surface area contributed by atoms with E-state index in [1.165, 1.54) is 0 Å². The Bertz CT molecular complexity index is 338. The minimum absolute atomic E-state index is 0.0132. The summed E-state index contributed by atoms with van der Waals surface area (Å²) in [6.45, 7) is 6.15. The third-order valence-corrected chi connectivity index (χ3v) is 3.43. The van der Waals surface area contributed by atoms with Crippen LogP contribution in [-0.4, -0.2) is 16.9 Å². The normalized spacial score (nSPS) is 14.6. The molecule has 0 aliphatic heterocycles. The maximum atomic E-state index is 11.9. The highest BCUT2D eigenvalue weighted by molar-refractivity contribution is 7.09. The average Bonchev–Trinajstić information content (AvgIpc) is 2.77. The molecule has 0 fully saturated rings. The van der Waals surface area contributed by atoms with Crippen LogP contribution < -0.4 is 11.1 Å². The van der Waals surface area contributed by atoms with Crippen molar-refractivity contribution in [2.75, 3.05) is 0 Å². The third-order valence-electron chi connectivity index (χ3n) is 2.54. The van der Waals surface area contributed by atoms with Gasteiger partial charge in [-0.15, -0.1) is 11.3 Å². The van der Waals surface area contributed by atoms with Crippen molar-refractivity contribution in [3.05, 3.63) is 16.6 Å². The Labute approximate surface area is 107 Å². The van der Waals surface area contributed by atoms with Crippen LogP contribution >= 0.6 is 11.3 Å². The lowest BCUT2D eigenvalue weighted by molar-refractivity contribution is -0.123. The van der Waals surface area contributed by atoms with Crippen molar-refractivity contribution in [1.82, 2.24) is 10.3 Å². The van der Waals surface area contributed by atoms with Gasteiger partial charge < -0.3 is 11.1 Å². The molecule has 2 atom stereocenters. The Morgan fingerprint density at radius 1 is 1.59 bits per heavy atom. The molecule has 4 nitrogen and oxygen atoms in total. The molecule has 1 unspecified atom stereocenters. The van der Waals surface area contributed by atoms with Crippen molar-refractivity contribution in [1.29, 1.82) is 0 Å². The zero-order chi connectivity index (χ0) is 12.8. The van der Waals surface area contributed by atoms with E-state index in [0.29, 0.717) is 12.3 Å². The average molecular weight is 255 g/mol. The number of hydrogen-bond acceptors (Lipinski definition) is 4. The van der Waals surface area contributed by atoms with Crippen molar-refractivity contribution in [2.45, 2.75) is 45.7 Å². The fraction of sp³-hybridized carbons (Fsp3) is 0.667. The first-order valence-electron chi connectivity index (χ1n) is 6.00. The van der Waals surface area contributed by atoms with Gasteiger partial charge in [-0.2, -0.15) is 0 Å². The number of nitrogens with one attached hydrogen (secondary N) is 1. The first kappa shape index (κ1) is 14.1. The summed E-state index contributed by atoms with van der Waals surface area (Å²) in [4.78, 5) is 16.1. The summed E-state index contributed by atoms with van der Waals surface area (Å²) >= 11 is 1.56. The molecule has 1 heterocycles. The van der Waals surface area contributed by atoms with Crippen LogP contribution in [0.1, 0.15) is 44.7 Å². The van der Waals surface area contributed by atoms with Gasteiger partial charge in [-0.05, 0) is 18.8 Å². The molecule has 1 amide bonds. The molecule has 0 aromatic carbocycles. The smallest absolute Gasteiger partial charge is 0.237 e. The Kier molecular flexibility index (Phi) is 5.58. The number of thiazole rings is 1. The van der Waals surface area contributed by atoms with E-state index in [9.17, 15) is 4.79 Å². The summed E-state index contributed by atoms with van der Waals surface area (Å²) in [5.74, 6) is 0.344. The summed E-state index contributed by atoms with van der Waals surface area (Å²) in [5, 5.41) is 5.82. The van der Waals surface area contributed by atoms with E-state index < -0.39 is 6.04 Å². The first-order valence-corrected chi connectivity index (χ1v) is 6.87. The summed E-state index contributed by atoms with van der Waals surface area (Å²) in [6, 6.07) is -0.440. The van der Waals surface area contributed by atoms with Gasteiger partial charge in [0.1, 0.15) is 5.01 Å². The molecule has 96 valence electrons. The molecule has 5 heteroatoms. The Balaban J connectivity index is 2.54. The number of hydrogen-bond donors (Lipinski definition) is 2. The monoisotopic (exact) mass is 255 g/mol. The van der Waals surface area contributed by atoms with Crippen LogP contribution in [0, 0.1) is 5.92 Å². The number of amides is 1. The van der Waals surface area contributed by atoms with Crippen molar-refractivity contribution < 1.29 is 4.79 Å². The minimum atomic E-state index is -0.427. The van der Waals surface area contributed by atoms with Crippen LogP contribution in [0.25, 0.3) is 0 Å². The lowest BCUT2D eigenvalue weighted by Gasteiger charge is -2.19. The van der Waals surface area contributed by atoms with Gasteiger partial charge in [-0.25, -0.2) is 4.98 Å². The highest BCUT2D eigenvalue weighted by Crippen LogP contribution is 2.19. The van der Waals surface area contributed by atoms with E-state index in [-0.39, 0.29) is 11.9 Å². The number of nitrogens with two attached hydrogens (primary N) is 1. The van der Waals surface area contributed by atoms with E-state index in [2.05, 4.69) is 24.1 Å². The zero-order valence-electron chi connectivity index (χ0n) is 10.6. The van der Waals surface area contributed by atoms with Crippen LogP contribution in [0.5, 0.6) is 0 Å². The van der Waals surface area contributed by atoms with Crippen LogP contribution in [-0.2, 0) is 4.79 Å². The van der Waals surface area contributed by atoms with Crippen molar-refractivity contribution >= 4 is 17.2 Å². The molecular formula is C12H21N3OS. The molecular weight excluding hydrogens is 234 g/mol. The van der Waals surface area contributed by atoms with Gasteiger partial charge in [0.15, 0.2) is 0 Å². The topological polar surface area (TPSA) is 68.0 Å². The standard InChI is InChI=1S/C12H21N3OS/c1-4-10(12-14-5-6-17-12)15-11(16)9(13)7-8(2)3/h5-6,8-10H,4,7,13H2,1-3H3,(H,15,16)/t9-,10?/m1/s1. The second-order valence-electron chi connectivity index (χ2n) is 4.58. The van der Waals surface area contributed by atoms with E-state index >= 15 is 0 Å². The van der Waals surface area contributed by atoms with Gasteiger partial charge in [0.25, 0.3) is 0 Å². The number of aromatic nitrogens is 1. The molecule has 0 saturated heterocycles. The number of rotatable bonds is 6. The Hall–Kier alpha value is -0.940. The number of carbonyl (C=O) groups is 1. The zero-order valence-corrected chi connectivity index (χ0v) is 11.5. The third kappa shape index (κ3) is 4.44. The van der Waals surface area contributed by atoms with Crippen molar-refractivity contribution in [3.8, 4) is 0 Å². The fourth-order valence-electron chi connectivity index (χ4n) is 1.64.